The first-order valence-corrected chi connectivity index (χ1v) is 9.03. The molecule has 108 valence electrons. The Balaban J connectivity index is 2.09. The normalized spacial score (nSPS) is 21.5. The van der Waals surface area contributed by atoms with Crippen LogP contribution >= 0.6 is 23.3 Å². The molecule has 5 heteroatoms. The largest absolute Gasteiger partial charge is 0.346 e. The van der Waals surface area contributed by atoms with E-state index in [9.17, 15) is 0 Å². The van der Waals surface area contributed by atoms with Crippen LogP contribution in [0.3, 0.4) is 0 Å². The maximum Gasteiger partial charge on any atom is 0.205 e. The van der Waals surface area contributed by atoms with Gasteiger partial charge in [0, 0.05) is 35.3 Å². The first kappa shape index (κ1) is 15.1. The van der Waals surface area contributed by atoms with E-state index < -0.39 is 0 Å². The van der Waals surface area contributed by atoms with E-state index in [4.69, 9.17) is 4.98 Å². The van der Waals surface area contributed by atoms with Crippen molar-refractivity contribution in [3.8, 4) is 0 Å². The zero-order chi connectivity index (χ0) is 13.9. The van der Waals surface area contributed by atoms with Gasteiger partial charge in [0.2, 0.25) is 5.13 Å². The Hall–Kier alpha value is -0.290. The third-order valence-electron chi connectivity index (χ3n) is 3.39. The highest BCUT2D eigenvalue weighted by atomic mass is 32.2. The van der Waals surface area contributed by atoms with Crippen LogP contribution in [0.15, 0.2) is 0 Å². The molecule has 0 aliphatic carbocycles. The number of thioether (sulfide) groups is 1. The van der Waals surface area contributed by atoms with Crippen LogP contribution in [-0.2, 0) is 5.41 Å². The second kappa shape index (κ2) is 6.44. The van der Waals surface area contributed by atoms with Crippen molar-refractivity contribution in [2.45, 2.75) is 57.6 Å². The van der Waals surface area contributed by atoms with Gasteiger partial charge >= 0.3 is 0 Å². The first-order valence-electron chi connectivity index (χ1n) is 7.21. The van der Waals surface area contributed by atoms with Crippen LogP contribution in [0.5, 0.6) is 0 Å². The minimum Gasteiger partial charge on any atom is -0.346 e. The molecule has 1 aromatic rings. The fourth-order valence-electron chi connectivity index (χ4n) is 2.30. The Labute approximate surface area is 125 Å². The quantitative estimate of drug-likeness (QED) is 0.845. The van der Waals surface area contributed by atoms with Crippen LogP contribution < -0.4 is 4.90 Å². The van der Waals surface area contributed by atoms with E-state index >= 15 is 0 Å². The average molecular weight is 300 g/mol. The number of hydrogen-bond acceptors (Lipinski definition) is 5. The van der Waals surface area contributed by atoms with Gasteiger partial charge in [0.15, 0.2) is 0 Å². The fourth-order valence-corrected chi connectivity index (χ4v) is 4.28. The molecule has 2 rings (SSSR count). The molecule has 1 aromatic heterocycles. The number of nitrogens with zero attached hydrogens (tertiary/aromatic N) is 3. The Morgan fingerprint density at radius 1 is 1.37 bits per heavy atom. The molecule has 0 radical (unpaired) electrons. The molecule has 0 amide bonds. The molecule has 2 heterocycles. The maximum absolute atomic E-state index is 4.77. The lowest BCUT2D eigenvalue weighted by molar-refractivity contribution is 0.554. The van der Waals surface area contributed by atoms with E-state index in [1.54, 1.807) is 11.5 Å². The van der Waals surface area contributed by atoms with Gasteiger partial charge in [-0.15, -0.1) is 0 Å². The van der Waals surface area contributed by atoms with E-state index in [0.717, 1.165) is 29.3 Å². The first-order chi connectivity index (χ1) is 9.00. The summed E-state index contributed by atoms with van der Waals surface area (Å²) in [7, 11) is 0. The predicted octanol–water partition coefficient (Wildman–Crippen LogP) is 3.95. The third kappa shape index (κ3) is 4.09. The molecule has 1 fully saturated rings. The van der Waals surface area contributed by atoms with E-state index in [0.29, 0.717) is 0 Å². The standard InChI is InChI=1S/C14H25N3S2/c1-5-18-11-8-6-7-9-17(10-11)13-15-12(16-19-13)14(2,3)4/h11H,5-10H2,1-4H3. The number of anilines is 1. The molecule has 19 heavy (non-hydrogen) atoms. The lowest BCUT2D eigenvalue weighted by Crippen LogP contribution is -2.29. The van der Waals surface area contributed by atoms with Crippen LogP contribution in [0, 0.1) is 0 Å². The zero-order valence-corrected chi connectivity index (χ0v) is 14.1. The van der Waals surface area contributed by atoms with E-state index in [1.807, 2.05) is 0 Å². The molecule has 0 aromatic carbocycles. The topological polar surface area (TPSA) is 29.0 Å². The van der Waals surface area contributed by atoms with Gasteiger partial charge in [-0.2, -0.15) is 16.1 Å². The number of aromatic nitrogens is 2. The summed E-state index contributed by atoms with van der Waals surface area (Å²) in [5, 5.41) is 1.88. The van der Waals surface area contributed by atoms with E-state index in [2.05, 4.69) is 48.7 Å². The second-order valence-electron chi connectivity index (χ2n) is 6.17. The van der Waals surface area contributed by atoms with Crippen molar-refractivity contribution in [3.63, 3.8) is 0 Å². The van der Waals surface area contributed by atoms with Crippen LogP contribution in [0.25, 0.3) is 0 Å². The monoisotopic (exact) mass is 299 g/mol. The summed E-state index contributed by atoms with van der Waals surface area (Å²) in [4.78, 5) is 7.22. The summed E-state index contributed by atoms with van der Waals surface area (Å²) < 4.78 is 4.55. The van der Waals surface area contributed by atoms with Gasteiger partial charge in [0.25, 0.3) is 0 Å². The molecule has 1 aliphatic heterocycles. The van der Waals surface area contributed by atoms with Crippen LogP contribution in [-0.4, -0.2) is 33.4 Å². The van der Waals surface area contributed by atoms with Crippen molar-refractivity contribution in [2.24, 2.45) is 0 Å². The van der Waals surface area contributed by atoms with Gasteiger partial charge in [-0.05, 0) is 18.6 Å². The zero-order valence-electron chi connectivity index (χ0n) is 12.5. The highest BCUT2D eigenvalue weighted by molar-refractivity contribution is 7.99. The Morgan fingerprint density at radius 3 is 2.79 bits per heavy atom. The molecule has 0 saturated carbocycles. The van der Waals surface area contributed by atoms with Crippen molar-refractivity contribution in [2.75, 3.05) is 23.7 Å². The average Bonchev–Trinajstić information content (AvgIpc) is 2.72. The summed E-state index contributed by atoms with van der Waals surface area (Å²) >= 11 is 3.66. The summed E-state index contributed by atoms with van der Waals surface area (Å²) in [6, 6.07) is 0. The second-order valence-corrected chi connectivity index (χ2v) is 8.48. The summed E-state index contributed by atoms with van der Waals surface area (Å²) in [6.45, 7) is 11.1. The number of rotatable bonds is 3. The Kier molecular flexibility index (Phi) is 5.12. The highest BCUT2D eigenvalue weighted by Gasteiger charge is 2.24. The van der Waals surface area contributed by atoms with Gasteiger partial charge in [0.1, 0.15) is 5.82 Å². The van der Waals surface area contributed by atoms with Gasteiger partial charge in [0.05, 0.1) is 0 Å². The fraction of sp³-hybridized carbons (Fsp3) is 0.857. The minimum atomic E-state index is 0.0537. The number of hydrogen-bond donors (Lipinski definition) is 0. The molecule has 1 atom stereocenters. The van der Waals surface area contributed by atoms with Gasteiger partial charge in [-0.1, -0.05) is 34.1 Å². The van der Waals surface area contributed by atoms with Crippen molar-refractivity contribution in [1.29, 1.82) is 0 Å². The van der Waals surface area contributed by atoms with Gasteiger partial charge in [-0.25, -0.2) is 4.98 Å². The molecule has 1 aliphatic rings. The molecule has 0 N–H and O–H groups in total. The minimum absolute atomic E-state index is 0.0537. The molecular weight excluding hydrogens is 274 g/mol. The molecular formula is C14H25N3S2. The van der Waals surface area contributed by atoms with Crippen molar-refractivity contribution in [1.82, 2.24) is 9.36 Å². The van der Waals surface area contributed by atoms with Crippen LogP contribution in [0.2, 0.25) is 0 Å². The smallest absolute Gasteiger partial charge is 0.205 e. The maximum atomic E-state index is 4.77. The molecule has 0 spiro atoms. The molecule has 3 nitrogen and oxygen atoms in total. The molecule has 0 bridgehead atoms. The lowest BCUT2D eigenvalue weighted by atomic mass is 9.96. The predicted molar refractivity (Wildman–Crippen MR) is 86.6 cm³/mol. The van der Waals surface area contributed by atoms with Crippen molar-refractivity contribution >= 4 is 28.4 Å². The molecule has 1 unspecified atom stereocenters. The Bertz CT molecular complexity index is 398. The Morgan fingerprint density at radius 2 is 2.16 bits per heavy atom. The molecule has 1 saturated heterocycles. The summed E-state index contributed by atoms with van der Waals surface area (Å²) in [6.07, 6.45) is 3.98. The van der Waals surface area contributed by atoms with Crippen LogP contribution in [0.4, 0.5) is 5.13 Å². The van der Waals surface area contributed by atoms with E-state index in [1.165, 1.54) is 25.0 Å². The summed E-state index contributed by atoms with van der Waals surface area (Å²) in [5.74, 6) is 2.19. The highest BCUT2D eigenvalue weighted by Crippen LogP contribution is 2.29. The van der Waals surface area contributed by atoms with Crippen LogP contribution in [0.1, 0.15) is 52.8 Å². The van der Waals surface area contributed by atoms with Crippen molar-refractivity contribution in [3.05, 3.63) is 5.82 Å². The van der Waals surface area contributed by atoms with E-state index in [-0.39, 0.29) is 5.41 Å². The SMILES string of the molecule is CCSC1CCCCN(c2nc(C(C)(C)C)ns2)C1. The van der Waals surface area contributed by atoms with Gasteiger partial charge in [-0.3, -0.25) is 0 Å². The van der Waals surface area contributed by atoms with Crippen molar-refractivity contribution < 1.29 is 0 Å². The van der Waals surface area contributed by atoms with Gasteiger partial charge < -0.3 is 4.90 Å². The summed E-state index contributed by atoms with van der Waals surface area (Å²) in [5.41, 5.74) is 0.0537. The third-order valence-corrected chi connectivity index (χ3v) is 5.35. The lowest BCUT2D eigenvalue weighted by Gasteiger charge is -2.23.